The summed E-state index contributed by atoms with van der Waals surface area (Å²) >= 11 is 1.57. The van der Waals surface area contributed by atoms with Crippen molar-refractivity contribution in [1.29, 1.82) is 5.26 Å². The van der Waals surface area contributed by atoms with Gasteiger partial charge in [-0.1, -0.05) is 24.6 Å². The van der Waals surface area contributed by atoms with Gasteiger partial charge in [0.1, 0.15) is 23.4 Å². The van der Waals surface area contributed by atoms with Gasteiger partial charge < -0.3 is 10.1 Å². The minimum Gasteiger partial charge on any atom is -0.492 e. The van der Waals surface area contributed by atoms with Gasteiger partial charge in [-0.25, -0.2) is 0 Å². The third-order valence-corrected chi connectivity index (χ3v) is 5.89. The standard InChI is InChI=1S/C21H25N3O2S/c1-24(12-13-26-16-8-4-2-5-9-16)15-20(25)23-21-18(14-22)17-10-6-3-7-11-19(17)27-21/h2,4-5,8-9H,3,6-7,10-13,15H2,1H3,(H,23,25). The zero-order valence-electron chi connectivity index (χ0n) is 15.7. The van der Waals surface area contributed by atoms with Crippen LogP contribution in [0.25, 0.3) is 0 Å². The Kier molecular flexibility index (Phi) is 6.86. The quantitative estimate of drug-likeness (QED) is 0.738. The van der Waals surface area contributed by atoms with Crippen LogP contribution in [0.1, 0.15) is 35.3 Å². The molecule has 1 aliphatic rings. The summed E-state index contributed by atoms with van der Waals surface area (Å²) in [4.78, 5) is 15.6. The Morgan fingerprint density at radius 2 is 2.04 bits per heavy atom. The third-order valence-electron chi connectivity index (χ3n) is 4.68. The molecule has 1 aromatic heterocycles. The molecule has 0 radical (unpaired) electrons. The lowest BCUT2D eigenvalue weighted by Gasteiger charge is -2.16. The maximum absolute atomic E-state index is 12.4. The molecule has 2 aromatic rings. The molecule has 0 fully saturated rings. The largest absolute Gasteiger partial charge is 0.492 e. The molecule has 0 unspecified atom stereocenters. The molecule has 6 heteroatoms. The molecule has 1 N–H and O–H groups in total. The van der Waals surface area contributed by atoms with E-state index in [-0.39, 0.29) is 12.5 Å². The molecule has 0 spiro atoms. The first kappa shape index (κ1) is 19.4. The number of fused-ring (bicyclic) bond motifs is 1. The highest BCUT2D eigenvalue weighted by Crippen LogP contribution is 2.36. The van der Waals surface area contributed by atoms with Crippen LogP contribution in [-0.2, 0) is 17.6 Å². The summed E-state index contributed by atoms with van der Waals surface area (Å²) in [6, 6.07) is 11.9. The third kappa shape index (κ3) is 5.31. The minimum absolute atomic E-state index is 0.0925. The van der Waals surface area contributed by atoms with Crippen molar-refractivity contribution in [2.24, 2.45) is 0 Å². The number of hydrogen-bond donors (Lipinski definition) is 1. The van der Waals surface area contributed by atoms with Gasteiger partial charge in [-0.2, -0.15) is 5.26 Å². The first-order valence-corrected chi connectivity index (χ1v) is 10.2. The summed E-state index contributed by atoms with van der Waals surface area (Å²) < 4.78 is 5.67. The van der Waals surface area contributed by atoms with E-state index in [4.69, 9.17) is 4.74 Å². The maximum atomic E-state index is 12.4. The van der Waals surface area contributed by atoms with Crippen molar-refractivity contribution in [2.75, 3.05) is 32.1 Å². The highest BCUT2D eigenvalue weighted by atomic mass is 32.1. The van der Waals surface area contributed by atoms with Gasteiger partial charge in [-0.15, -0.1) is 11.3 Å². The molecule has 0 atom stereocenters. The topological polar surface area (TPSA) is 65.4 Å². The molecule has 1 amide bonds. The van der Waals surface area contributed by atoms with Crippen LogP contribution < -0.4 is 10.1 Å². The van der Waals surface area contributed by atoms with E-state index in [1.54, 1.807) is 11.3 Å². The van der Waals surface area contributed by atoms with Crippen LogP contribution in [0.2, 0.25) is 0 Å². The number of para-hydroxylation sites is 1. The number of likely N-dealkylation sites (N-methyl/N-ethyl adjacent to an activating group) is 1. The van der Waals surface area contributed by atoms with E-state index in [0.29, 0.717) is 23.7 Å². The summed E-state index contributed by atoms with van der Waals surface area (Å²) in [7, 11) is 1.89. The van der Waals surface area contributed by atoms with E-state index in [2.05, 4.69) is 11.4 Å². The number of carbonyl (C=O) groups excluding carboxylic acids is 1. The number of anilines is 1. The number of aryl methyl sites for hydroxylation is 1. The zero-order chi connectivity index (χ0) is 19.1. The van der Waals surface area contributed by atoms with E-state index >= 15 is 0 Å². The molecule has 5 nitrogen and oxygen atoms in total. The van der Waals surface area contributed by atoms with Crippen LogP contribution in [0.3, 0.4) is 0 Å². The molecule has 142 valence electrons. The summed E-state index contributed by atoms with van der Waals surface area (Å²) in [5.41, 5.74) is 1.82. The SMILES string of the molecule is CN(CCOc1ccccc1)CC(=O)Nc1sc2c(c1C#N)CCCCC2. The fraction of sp³-hybridized carbons (Fsp3) is 0.429. The Balaban J connectivity index is 1.51. The van der Waals surface area contributed by atoms with E-state index in [9.17, 15) is 10.1 Å². The minimum atomic E-state index is -0.0925. The number of ether oxygens (including phenoxy) is 1. The Labute approximate surface area is 164 Å². The van der Waals surface area contributed by atoms with Crippen molar-refractivity contribution in [2.45, 2.75) is 32.1 Å². The van der Waals surface area contributed by atoms with Gasteiger partial charge in [0, 0.05) is 11.4 Å². The molecule has 1 heterocycles. The van der Waals surface area contributed by atoms with E-state index in [1.807, 2.05) is 42.3 Å². The van der Waals surface area contributed by atoms with Gasteiger partial charge in [-0.3, -0.25) is 9.69 Å². The number of carbonyl (C=O) groups is 1. The maximum Gasteiger partial charge on any atom is 0.239 e. The van der Waals surface area contributed by atoms with Crippen LogP contribution in [0.5, 0.6) is 5.75 Å². The number of nitrogens with zero attached hydrogens (tertiary/aromatic N) is 2. The second kappa shape index (κ2) is 9.54. The number of amides is 1. The van der Waals surface area contributed by atoms with Gasteiger partial charge in [0.15, 0.2) is 0 Å². The second-order valence-corrected chi connectivity index (χ2v) is 7.93. The van der Waals surface area contributed by atoms with Crippen molar-refractivity contribution in [3.05, 3.63) is 46.3 Å². The summed E-state index contributed by atoms with van der Waals surface area (Å²) in [6.45, 7) is 1.44. The highest BCUT2D eigenvalue weighted by Gasteiger charge is 2.21. The van der Waals surface area contributed by atoms with Crippen molar-refractivity contribution >= 4 is 22.2 Å². The van der Waals surface area contributed by atoms with Gasteiger partial charge in [0.05, 0.1) is 12.1 Å². The number of hydrogen-bond acceptors (Lipinski definition) is 5. The average Bonchev–Trinajstić information content (AvgIpc) is 2.82. The molecular formula is C21H25N3O2S. The van der Waals surface area contributed by atoms with Gasteiger partial charge >= 0.3 is 0 Å². The van der Waals surface area contributed by atoms with Crippen LogP contribution >= 0.6 is 11.3 Å². The highest BCUT2D eigenvalue weighted by molar-refractivity contribution is 7.16. The Hall–Kier alpha value is -2.36. The fourth-order valence-electron chi connectivity index (χ4n) is 3.28. The first-order valence-electron chi connectivity index (χ1n) is 9.38. The molecule has 0 bridgehead atoms. The molecule has 27 heavy (non-hydrogen) atoms. The van der Waals surface area contributed by atoms with Crippen molar-refractivity contribution in [1.82, 2.24) is 4.90 Å². The fourth-order valence-corrected chi connectivity index (χ4v) is 4.53. The van der Waals surface area contributed by atoms with Gasteiger partial charge in [0.2, 0.25) is 5.91 Å². The first-order chi connectivity index (χ1) is 13.2. The van der Waals surface area contributed by atoms with Crippen LogP contribution in [0.15, 0.2) is 30.3 Å². The lowest BCUT2D eigenvalue weighted by molar-refractivity contribution is -0.117. The molecule has 0 aliphatic heterocycles. The van der Waals surface area contributed by atoms with Crippen molar-refractivity contribution in [3.63, 3.8) is 0 Å². The van der Waals surface area contributed by atoms with Gasteiger partial charge in [0.25, 0.3) is 0 Å². The average molecular weight is 384 g/mol. The number of thiophene rings is 1. The smallest absolute Gasteiger partial charge is 0.239 e. The van der Waals surface area contributed by atoms with E-state index in [1.165, 1.54) is 11.3 Å². The monoisotopic (exact) mass is 383 g/mol. The Morgan fingerprint density at radius 3 is 2.81 bits per heavy atom. The Bertz CT molecular complexity index is 811. The lowest BCUT2D eigenvalue weighted by atomic mass is 10.1. The summed E-state index contributed by atoms with van der Waals surface area (Å²) in [5.74, 6) is 0.735. The van der Waals surface area contributed by atoms with Gasteiger partial charge in [-0.05, 0) is 50.4 Å². The number of nitriles is 1. The van der Waals surface area contributed by atoms with Crippen molar-refractivity contribution < 1.29 is 9.53 Å². The molecule has 0 saturated heterocycles. The predicted molar refractivity (Wildman–Crippen MR) is 108 cm³/mol. The van der Waals surface area contributed by atoms with Crippen LogP contribution in [0, 0.1) is 11.3 Å². The zero-order valence-corrected chi connectivity index (χ0v) is 16.5. The second-order valence-electron chi connectivity index (χ2n) is 6.83. The molecule has 0 saturated carbocycles. The predicted octanol–water partition coefficient (Wildman–Crippen LogP) is 3.84. The van der Waals surface area contributed by atoms with Crippen LogP contribution in [0.4, 0.5) is 5.00 Å². The summed E-state index contributed by atoms with van der Waals surface area (Å²) in [5, 5.41) is 13.2. The normalized spacial score (nSPS) is 13.5. The number of benzene rings is 1. The molecular weight excluding hydrogens is 358 g/mol. The summed E-state index contributed by atoms with van der Waals surface area (Å²) in [6.07, 6.45) is 5.46. The number of nitrogens with one attached hydrogen (secondary N) is 1. The Morgan fingerprint density at radius 1 is 1.26 bits per heavy atom. The van der Waals surface area contributed by atoms with E-state index < -0.39 is 0 Å². The molecule has 1 aromatic carbocycles. The number of rotatable bonds is 7. The van der Waals surface area contributed by atoms with Crippen molar-refractivity contribution in [3.8, 4) is 11.8 Å². The lowest BCUT2D eigenvalue weighted by Crippen LogP contribution is -2.33. The molecule has 1 aliphatic carbocycles. The van der Waals surface area contributed by atoms with E-state index in [0.717, 1.165) is 37.0 Å². The van der Waals surface area contributed by atoms with Crippen LogP contribution in [-0.4, -0.2) is 37.6 Å². The molecule has 3 rings (SSSR count).